The highest BCUT2D eigenvalue weighted by Gasteiger charge is 2.38. The molecule has 2 aliphatic rings. The van der Waals surface area contributed by atoms with Gasteiger partial charge in [0.1, 0.15) is 5.02 Å². The fraction of sp³-hybridized carbons (Fsp3) is 0.615. The number of nitrogens with zero attached hydrogens (tertiary/aromatic N) is 2. The largest absolute Gasteiger partial charge is 0.326 e. The number of pyridine rings is 1. The maximum Gasteiger partial charge on any atom is 0.266 e. The van der Waals surface area contributed by atoms with E-state index in [0.717, 1.165) is 19.3 Å². The topological polar surface area (TPSA) is 73.5 Å². The second-order valence-corrected chi connectivity index (χ2v) is 8.06. The zero-order chi connectivity index (χ0) is 15.2. The van der Waals surface area contributed by atoms with E-state index in [-0.39, 0.29) is 16.0 Å². The third-order valence-electron chi connectivity index (χ3n) is 4.58. The number of fused-ring (bicyclic) bond motifs is 2. The van der Waals surface area contributed by atoms with Crippen LogP contribution in [0.2, 0.25) is 5.02 Å². The molecule has 21 heavy (non-hydrogen) atoms. The van der Waals surface area contributed by atoms with Crippen LogP contribution in [0.4, 0.5) is 0 Å². The quantitative estimate of drug-likeness (QED) is 0.873. The van der Waals surface area contributed by atoms with Crippen LogP contribution in [0.25, 0.3) is 0 Å². The van der Waals surface area contributed by atoms with Crippen LogP contribution in [-0.2, 0) is 10.0 Å². The number of aromatic amines is 1. The summed E-state index contributed by atoms with van der Waals surface area (Å²) in [7, 11) is -1.55. The van der Waals surface area contributed by atoms with Crippen molar-refractivity contribution in [2.75, 3.05) is 20.1 Å². The summed E-state index contributed by atoms with van der Waals surface area (Å²) in [5.74, 6) is 0. The van der Waals surface area contributed by atoms with Gasteiger partial charge in [-0.3, -0.25) is 9.69 Å². The van der Waals surface area contributed by atoms with Crippen molar-refractivity contribution in [2.45, 2.75) is 36.2 Å². The van der Waals surface area contributed by atoms with Crippen LogP contribution < -0.4 is 5.56 Å². The maximum atomic E-state index is 12.7. The summed E-state index contributed by atoms with van der Waals surface area (Å²) in [6.45, 7) is 0.997. The Bertz CT molecular complexity index is 703. The van der Waals surface area contributed by atoms with Gasteiger partial charge in [-0.2, -0.15) is 4.31 Å². The number of hydrogen-bond acceptors (Lipinski definition) is 4. The van der Waals surface area contributed by atoms with Gasteiger partial charge in [0, 0.05) is 31.4 Å². The van der Waals surface area contributed by atoms with Crippen LogP contribution >= 0.6 is 11.6 Å². The number of likely N-dealkylation sites (N-methyl/N-ethyl adjacent to an activating group) is 1. The Morgan fingerprint density at radius 1 is 1.29 bits per heavy atom. The van der Waals surface area contributed by atoms with Crippen molar-refractivity contribution in [1.82, 2.24) is 14.2 Å². The first-order chi connectivity index (χ1) is 9.89. The summed E-state index contributed by atoms with van der Waals surface area (Å²) >= 11 is 5.74. The molecule has 0 aromatic carbocycles. The van der Waals surface area contributed by atoms with E-state index in [1.54, 1.807) is 0 Å². The highest BCUT2D eigenvalue weighted by atomic mass is 35.5. The fourth-order valence-electron chi connectivity index (χ4n) is 3.23. The van der Waals surface area contributed by atoms with Gasteiger partial charge in [-0.05, 0) is 32.4 Å². The van der Waals surface area contributed by atoms with Crippen LogP contribution in [-0.4, -0.2) is 54.8 Å². The molecule has 116 valence electrons. The molecule has 2 bridgehead atoms. The first-order valence-corrected chi connectivity index (χ1v) is 8.81. The van der Waals surface area contributed by atoms with Gasteiger partial charge in [0.15, 0.2) is 0 Å². The molecule has 0 aliphatic carbocycles. The normalized spacial score (nSPS) is 27.7. The molecule has 2 atom stereocenters. The Kier molecular flexibility index (Phi) is 3.85. The lowest BCUT2D eigenvalue weighted by Gasteiger charge is -2.25. The molecule has 6 nitrogen and oxygen atoms in total. The van der Waals surface area contributed by atoms with Crippen LogP contribution in [0, 0.1) is 0 Å². The van der Waals surface area contributed by atoms with Gasteiger partial charge >= 0.3 is 0 Å². The SMILES string of the molecule is CN1C2CCC1CN(S(=O)(=O)c1c[nH]c(=O)c(Cl)c1)CC2. The zero-order valence-electron chi connectivity index (χ0n) is 11.8. The van der Waals surface area contributed by atoms with Crippen molar-refractivity contribution >= 4 is 21.6 Å². The van der Waals surface area contributed by atoms with Gasteiger partial charge in [0.05, 0.1) is 4.90 Å². The van der Waals surface area contributed by atoms with Crippen molar-refractivity contribution in [3.05, 3.63) is 27.6 Å². The van der Waals surface area contributed by atoms with Crippen molar-refractivity contribution in [1.29, 1.82) is 0 Å². The molecular weight excluding hydrogens is 314 g/mol. The lowest BCUT2D eigenvalue weighted by molar-refractivity contribution is 0.246. The predicted octanol–water partition coefficient (Wildman–Crippen LogP) is 0.885. The lowest BCUT2D eigenvalue weighted by Crippen LogP contribution is -2.39. The first-order valence-electron chi connectivity index (χ1n) is 7.00. The maximum absolute atomic E-state index is 12.7. The minimum Gasteiger partial charge on any atom is -0.326 e. The molecule has 0 amide bonds. The fourth-order valence-corrected chi connectivity index (χ4v) is 4.96. The average Bonchev–Trinajstić information content (AvgIpc) is 2.65. The third-order valence-corrected chi connectivity index (χ3v) is 6.70. The molecule has 0 radical (unpaired) electrons. The molecule has 2 saturated heterocycles. The Balaban J connectivity index is 1.91. The highest BCUT2D eigenvalue weighted by Crippen LogP contribution is 2.30. The van der Waals surface area contributed by atoms with Crippen molar-refractivity contribution in [3.63, 3.8) is 0 Å². The van der Waals surface area contributed by atoms with Crippen LogP contribution in [0.3, 0.4) is 0 Å². The number of nitrogens with one attached hydrogen (secondary N) is 1. The van der Waals surface area contributed by atoms with Crippen LogP contribution in [0.1, 0.15) is 19.3 Å². The molecule has 3 heterocycles. The molecule has 1 N–H and O–H groups in total. The Morgan fingerprint density at radius 3 is 2.71 bits per heavy atom. The molecule has 2 fully saturated rings. The van der Waals surface area contributed by atoms with Crippen LogP contribution in [0.5, 0.6) is 0 Å². The van der Waals surface area contributed by atoms with E-state index in [4.69, 9.17) is 11.6 Å². The molecule has 1 aromatic rings. The van der Waals surface area contributed by atoms with Gasteiger partial charge in [0.25, 0.3) is 5.56 Å². The summed E-state index contributed by atoms with van der Waals surface area (Å²) in [5, 5.41) is -0.107. The van der Waals surface area contributed by atoms with Gasteiger partial charge in [-0.25, -0.2) is 8.42 Å². The molecule has 0 spiro atoms. The number of rotatable bonds is 2. The number of sulfonamides is 1. The monoisotopic (exact) mass is 331 g/mol. The van der Waals surface area contributed by atoms with Crippen molar-refractivity contribution in [3.8, 4) is 0 Å². The summed E-state index contributed by atoms with van der Waals surface area (Å²) in [4.78, 5) is 16.0. The molecule has 8 heteroatoms. The number of hydrogen-bond donors (Lipinski definition) is 1. The molecule has 0 saturated carbocycles. The lowest BCUT2D eigenvalue weighted by atomic mass is 10.1. The van der Waals surface area contributed by atoms with E-state index >= 15 is 0 Å². The first kappa shape index (κ1) is 15.0. The second-order valence-electron chi connectivity index (χ2n) is 5.71. The van der Waals surface area contributed by atoms with Crippen molar-refractivity contribution in [2.24, 2.45) is 0 Å². The molecule has 2 aliphatic heterocycles. The zero-order valence-corrected chi connectivity index (χ0v) is 13.3. The predicted molar refractivity (Wildman–Crippen MR) is 80.0 cm³/mol. The standard InChI is InChI=1S/C13H18ClN3O3S/c1-16-9-2-3-10(16)8-17(5-4-9)21(19,20)11-6-12(14)13(18)15-7-11/h6-7,9-10H,2-5,8H2,1H3,(H,15,18). The summed E-state index contributed by atoms with van der Waals surface area (Å²) in [5.41, 5.74) is -0.481. The summed E-state index contributed by atoms with van der Waals surface area (Å²) in [6, 6.07) is 1.96. The second kappa shape index (κ2) is 5.39. The molecular formula is C13H18ClN3O3S. The number of halogens is 1. The van der Waals surface area contributed by atoms with E-state index in [9.17, 15) is 13.2 Å². The number of aromatic nitrogens is 1. The van der Waals surface area contributed by atoms with E-state index in [1.807, 2.05) is 0 Å². The van der Waals surface area contributed by atoms with Gasteiger partial charge in [-0.15, -0.1) is 0 Å². The molecule has 3 rings (SSSR count). The van der Waals surface area contributed by atoms with E-state index in [1.165, 1.54) is 16.6 Å². The Hall–Kier alpha value is -0.890. The third kappa shape index (κ3) is 2.63. The smallest absolute Gasteiger partial charge is 0.266 e. The van der Waals surface area contributed by atoms with Gasteiger partial charge in [-0.1, -0.05) is 11.6 Å². The molecule has 1 aromatic heterocycles. The minimum absolute atomic E-state index is 0.0486. The van der Waals surface area contributed by atoms with Gasteiger partial charge in [0.2, 0.25) is 10.0 Å². The van der Waals surface area contributed by atoms with Gasteiger partial charge < -0.3 is 4.98 Å². The molecule has 2 unspecified atom stereocenters. The minimum atomic E-state index is -3.62. The van der Waals surface area contributed by atoms with Crippen molar-refractivity contribution < 1.29 is 8.42 Å². The highest BCUT2D eigenvalue weighted by molar-refractivity contribution is 7.89. The van der Waals surface area contributed by atoms with Crippen LogP contribution in [0.15, 0.2) is 22.0 Å². The summed E-state index contributed by atoms with van der Waals surface area (Å²) < 4.78 is 26.9. The van der Waals surface area contributed by atoms with E-state index in [0.29, 0.717) is 19.1 Å². The Morgan fingerprint density at radius 2 is 2.00 bits per heavy atom. The Labute approximate surface area is 128 Å². The van der Waals surface area contributed by atoms with E-state index in [2.05, 4.69) is 16.9 Å². The average molecular weight is 332 g/mol. The van der Waals surface area contributed by atoms with E-state index < -0.39 is 15.6 Å². The number of H-pyrrole nitrogens is 1. The summed E-state index contributed by atoms with van der Waals surface area (Å²) in [6.07, 6.45) is 4.22.